The molecule has 0 aromatic heterocycles. The molecule has 0 saturated carbocycles. The van der Waals surface area contributed by atoms with Gasteiger partial charge in [0, 0.05) is 12.4 Å². The Bertz CT molecular complexity index is 482. The second-order valence-corrected chi connectivity index (χ2v) is 7.68. The van der Waals surface area contributed by atoms with Gasteiger partial charge in [-0.15, -0.1) is 0 Å². The van der Waals surface area contributed by atoms with Gasteiger partial charge in [0.05, 0.1) is 12.0 Å². The predicted molar refractivity (Wildman–Crippen MR) is 116 cm³/mol. The van der Waals surface area contributed by atoms with Gasteiger partial charge in [-0.1, -0.05) is 70.4 Å². The second-order valence-electron chi connectivity index (χ2n) is 7.68. The monoisotopic (exact) mass is 433 g/mol. The predicted octanol–water partition coefficient (Wildman–Crippen LogP) is 2.41. The molecule has 1 amide bonds. The van der Waals surface area contributed by atoms with Crippen LogP contribution in [0.15, 0.2) is 12.2 Å². The van der Waals surface area contributed by atoms with Crippen LogP contribution in [0, 0.1) is 0 Å². The molecule has 1 N–H and O–H groups in total. The summed E-state index contributed by atoms with van der Waals surface area (Å²) in [4.78, 5) is 33.1. The van der Waals surface area contributed by atoms with Crippen molar-refractivity contribution < 1.29 is 24.6 Å². The maximum Gasteiger partial charge on any atom is 2.00 e. The summed E-state index contributed by atoms with van der Waals surface area (Å²) in [5, 5.41) is 23.6. The van der Waals surface area contributed by atoms with Gasteiger partial charge >= 0.3 is 23.1 Å². The number of aliphatic carboxylic acids is 2. The maximum absolute atomic E-state index is 11.8. The molecule has 0 aliphatic carbocycles. The van der Waals surface area contributed by atoms with Crippen molar-refractivity contribution in [1.82, 2.24) is 5.32 Å². The summed E-state index contributed by atoms with van der Waals surface area (Å²) in [6, 6.07) is -1.27. The minimum atomic E-state index is -1.47. The average molecular weight is 434 g/mol. The number of rotatable bonds is 20. The molecule has 0 aromatic carbocycles. The standard InChI is InChI=1S/C23H41NO5.Mg/c1-2-3-4-5-6-7-8-9-10-11-12-13-14-15-16-17-21(25)24-20(23(28)29)18-19-22(26)27;/h9-10,20H,2-8,11-19H2,1H3,(H,24,25)(H,26,27)(H,28,29);/q;+2/p-2/b10-9-;/t20-;/m0./s1. The maximum atomic E-state index is 11.8. The third-order valence-electron chi connectivity index (χ3n) is 4.92. The van der Waals surface area contributed by atoms with Gasteiger partial charge in [0.25, 0.3) is 0 Å². The van der Waals surface area contributed by atoms with E-state index in [0.717, 1.165) is 32.1 Å². The Kier molecular flexibility index (Phi) is 23.4. The summed E-state index contributed by atoms with van der Waals surface area (Å²) < 4.78 is 0. The third kappa shape index (κ3) is 21.6. The van der Waals surface area contributed by atoms with Crippen molar-refractivity contribution in [3.05, 3.63) is 12.2 Å². The zero-order valence-electron chi connectivity index (χ0n) is 18.8. The molecule has 0 aliphatic heterocycles. The second kappa shape index (κ2) is 22.6. The number of hydrogen-bond donors (Lipinski definition) is 1. The number of allylic oxidation sites excluding steroid dienone is 2. The molecule has 7 heteroatoms. The van der Waals surface area contributed by atoms with Crippen molar-refractivity contribution in [3.63, 3.8) is 0 Å². The van der Waals surface area contributed by atoms with E-state index in [2.05, 4.69) is 24.4 Å². The fourth-order valence-electron chi connectivity index (χ4n) is 3.13. The molecule has 0 bridgehead atoms. The number of carboxylic acid groups (broad SMARTS) is 2. The first-order valence-corrected chi connectivity index (χ1v) is 11.3. The van der Waals surface area contributed by atoms with E-state index in [1.54, 1.807) is 0 Å². The zero-order valence-corrected chi connectivity index (χ0v) is 20.2. The van der Waals surface area contributed by atoms with Gasteiger partial charge in [-0.05, 0) is 44.9 Å². The Balaban J connectivity index is 0. The number of nitrogens with one attached hydrogen (secondary N) is 1. The van der Waals surface area contributed by atoms with Crippen LogP contribution in [0.4, 0.5) is 0 Å². The topological polar surface area (TPSA) is 109 Å². The van der Waals surface area contributed by atoms with Crippen molar-refractivity contribution in [2.24, 2.45) is 0 Å². The molecule has 0 unspecified atom stereocenters. The molecule has 0 heterocycles. The summed E-state index contributed by atoms with van der Waals surface area (Å²) in [6.45, 7) is 2.24. The summed E-state index contributed by atoms with van der Waals surface area (Å²) >= 11 is 0. The molecule has 0 radical (unpaired) electrons. The van der Waals surface area contributed by atoms with E-state index < -0.39 is 24.4 Å². The Labute approximate surface area is 198 Å². The first-order valence-electron chi connectivity index (χ1n) is 11.3. The van der Waals surface area contributed by atoms with Crippen LogP contribution in [0.25, 0.3) is 0 Å². The molecular weight excluding hydrogens is 395 g/mol. The van der Waals surface area contributed by atoms with Crippen LogP contribution in [-0.2, 0) is 14.4 Å². The first-order chi connectivity index (χ1) is 14.0. The third-order valence-corrected chi connectivity index (χ3v) is 4.92. The van der Waals surface area contributed by atoms with E-state index in [-0.39, 0.29) is 41.8 Å². The fraction of sp³-hybridized carbons (Fsp3) is 0.783. The molecule has 30 heavy (non-hydrogen) atoms. The van der Waals surface area contributed by atoms with E-state index in [4.69, 9.17) is 0 Å². The average Bonchev–Trinajstić information content (AvgIpc) is 2.67. The first kappa shape index (κ1) is 31.1. The Morgan fingerprint density at radius 1 is 0.767 bits per heavy atom. The smallest absolute Gasteiger partial charge is 0.550 e. The van der Waals surface area contributed by atoms with Crippen molar-refractivity contribution in [2.45, 2.75) is 116 Å². The molecule has 1 atom stereocenters. The van der Waals surface area contributed by atoms with Crippen molar-refractivity contribution in [3.8, 4) is 0 Å². The summed E-state index contributed by atoms with van der Waals surface area (Å²) in [5.74, 6) is -3.19. The fourth-order valence-corrected chi connectivity index (χ4v) is 3.13. The van der Waals surface area contributed by atoms with Crippen molar-refractivity contribution in [2.75, 3.05) is 0 Å². The van der Waals surface area contributed by atoms with Crippen LogP contribution in [0.2, 0.25) is 0 Å². The zero-order chi connectivity index (χ0) is 21.7. The van der Waals surface area contributed by atoms with E-state index in [9.17, 15) is 24.6 Å². The Morgan fingerprint density at radius 3 is 1.77 bits per heavy atom. The summed E-state index contributed by atoms with van der Waals surface area (Å²) in [6.07, 6.45) is 19.4. The molecule has 0 aromatic rings. The molecule has 6 nitrogen and oxygen atoms in total. The van der Waals surface area contributed by atoms with Crippen LogP contribution in [0.3, 0.4) is 0 Å². The summed E-state index contributed by atoms with van der Waals surface area (Å²) in [5.41, 5.74) is 0. The van der Waals surface area contributed by atoms with Gasteiger partial charge in [0.1, 0.15) is 0 Å². The van der Waals surface area contributed by atoms with Gasteiger partial charge in [0.15, 0.2) is 0 Å². The molecule has 168 valence electrons. The van der Waals surface area contributed by atoms with Crippen LogP contribution in [0.5, 0.6) is 0 Å². The molecule has 0 saturated heterocycles. The van der Waals surface area contributed by atoms with E-state index >= 15 is 0 Å². The van der Waals surface area contributed by atoms with Crippen LogP contribution in [-0.4, -0.2) is 46.9 Å². The molecule has 0 fully saturated rings. The number of carboxylic acids is 2. The molecular formula is C23H39MgNO5. The van der Waals surface area contributed by atoms with Gasteiger partial charge in [-0.25, -0.2) is 0 Å². The number of unbranched alkanes of at least 4 members (excludes halogenated alkanes) is 11. The molecule has 0 spiro atoms. The number of amides is 1. The quantitative estimate of drug-likeness (QED) is 0.180. The van der Waals surface area contributed by atoms with Crippen molar-refractivity contribution in [1.29, 1.82) is 0 Å². The van der Waals surface area contributed by atoms with Crippen LogP contribution < -0.4 is 15.5 Å². The number of carbonyl (C=O) groups is 3. The summed E-state index contributed by atoms with van der Waals surface area (Å²) in [7, 11) is 0. The largest absolute Gasteiger partial charge is 2.00 e. The Morgan fingerprint density at radius 2 is 1.27 bits per heavy atom. The minimum Gasteiger partial charge on any atom is -0.550 e. The van der Waals surface area contributed by atoms with Crippen LogP contribution >= 0.6 is 0 Å². The normalized spacial score (nSPS) is 11.8. The van der Waals surface area contributed by atoms with Crippen LogP contribution in [0.1, 0.15) is 110 Å². The number of hydrogen-bond acceptors (Lipinski definition) is 5. The van der Waals surface area contributed by atoms with Gasteiger partial charge < -0.3 is 25.1 Å². The number of carbonyl (C=O) groups excluding carboxylic acids is 3. The van der Waals surface area contributed by atoms with Gasteiger partial charge in [0.2, 0.25) is 5.91 Å². The van der Waals surface area contributed by atoms with E-state index in [1.165, 1.54) is 44.9 Å². The Hall–Kier alpha value is -1.08. The molecule has 0 rings (SSSR count). The van der Waals surface area contributed by atoms with E-state index in [1.807, 2.05) is 0 Å². The minimum absolute atomic E-state index is 0. The van der Waals surface area contributed by atoms with Gasteiger partial charge in [-0.3, -0.25) is 4.79 Å². The van der Waals surface area contributed by atoms with E-state index in [0.29, 0.717) is 6.42 Å². The van der Waals surface area contributed by atoms with Crippen molar-refractivity contribution >= 4 is 40.9 Å². The SMILES string of the molecule is CCCCCCCC/C=C\CCCCCCCC(=O)N[C@@H](CCC(=O)[O-])C(=O)[O-].[Mg+2]. The molecule has 0 aliphatic rings. The van der Waals surface area contributed by atoms with Gasteiger partial charge in [-0.2, -0.15) is 0 Å².